The summed E-state index contributed by atoms with van der Waals surface area (Å²) in [4.78, 5) is 16.7. The lowest BCUT2D eigenvalue weighted by molar-refractivity contribution is 0.0944. The highest BCUT2D eigenvalue weighted by molar-refractivity contribution is 7.17. The summed E-state index contributed by atoms with van der Waals surface area (Å²) in [7, 11) is 0. The summed E-state index contributed by atoms with van der Waals surface area (Å²) >= 11 is 1.51. The summed E-state index contributed by atoms with van der Waals surface area (Å²) in [5.74, 6) is 0.539. The normalized spacial score (nSPS) is 16.7. The first-order valence-corrected chi connectivity index (χ1v) is 10.4. The van der Waals surface area contributed by atoms with Crippen LogP contribution in [0.3, 0.4) is 0 Å². The van der Waals surface area contributed by atoms with Crippen LogP contribution >= 0.6 is 11.3 Å². The topological polar surface area (TPSA) is 75.9 Å². The number of amides is 1. The predicted octanol–water partition coefficient (Wildman–Crippen LogP) is 3.07. The van der Waals surface area contributed by atoms with Crippen molar-refractivity contribution in [2.45, 2.75) is 32.9 Å². The average molecular weight is 397 g/mol. The fourth-order valence-electron chi connectivity index (χ4n) is 3.42. The van der Waals surface area contributed by atoms with E-state index < -0.39 is 0 Å². The number of carbonyl (C=O) groups is 1. The van der Waals surface area contributed by atoms with Gasteiger partial charge in [-0.25, -0.2) is 0 Å². The van der Waals surface area contributed by atoms with Crippen LogP contribution in [0, 0.1) is 5.92 Å². The van der Waals surface area contributed by atoms with E-state index in [1.807, 2.05) is 35.3 Å². The van der Waals surface area contributed by atoms with Gasteiger partial charge in [-0.2, -0.15) is 15.3 Å². The Labute approximate surface area is 168 Å². The third-order valence-electron chi connectivity index (χ3n) is 4.76. The van der Waals surface area contributed by atoms with E-state index in [0.29, 0.717) is 5.92 Å². The number of thiophene rings is 1. The molecule has 3 aromatic rings. The van der Waals surface area contributed by atoms with Crippen LogP contribution in [0.2, 0.25) is 0 Å². The largest absolute Gasteiger partial charge is 0.368 e. The minimum atomic E-state index is -0.00877. The molecule has 1 atom stereocenters. The Balaban J connectivity index is 1.36. The molecule has 0 aliphatic carbocycles. The number of nitrogens with one attached hydrogen (secondary N) is 1. The van der Waals surface area contributed by atoms with Crippen LogP contribution in [-0.4, -0.2) is 45.0 Å². The maximum atomic E-state index is 12.7. The van der Waals surface area contributed by atoms with Gasteiger partial charge in [-0.05, 0) is 30.5 Å². The van der Waals surface area contributed by atoms with Crippen molar-refractivity contribution in [3.05, 3.63) is 47.9 Å². The van der Waals surface area contributed by atoms with Gasteiger partial charge in [0.25, 0.3) is 5.91 Å². The van der Waals surface area contributed by atoms with Gasteiger partial charge < -0.3 is 10.2 Å². The molecule has 8 heteroatoms. The van der Waals surface area contributed by atoms with Gasteiger partial charge in [0.2, 0.25) is 0 Å². The SMILES string of the molecule is CC(C)Cn1cc(-c2ccc(C(=O)N[C@H]3CCN(c4ccnnc4)C3)s2)cn1. The highest BCUT2D eigenvalue weighted by atomic mass is 32.1. The molecule has 146 valence electrons. The molecule has 0 bridgehead atoms. The van der Waals surface area contributed by atoms with E-state index in [-0.39, 0.29) is 11.9 Å². The van der Waals surface area contributed by atoms with Crippen LogP contribution in [0.15, 0.2) is 43.0 Å². The number of aromatic nitrogens is 4. The third kappa shape index (κ3) is 4.22. The highest BCUT2D eigenvalue weighted by Crippen LogP contribution is 2.28. The van der Waals surface area contributed by atoms with Crippen molar-refractivity contribution in [1.82, 2.24) is 25.3 Å². The van der Waals surface area contributed by atoms with Gasteiger partial charge in [-0.3, -0.25) is 9.48 Å². The van der Waals surface area contributed by atoms with E-state index in [2.05, 4.69) is 39.4 Å². The van der Waals surface area contributed by atoms with Crippen molar-refractivity contribution in [2.75, 3.05) is 18.0 Å². The first kappa shape index (κ1) is 18.6. The minimum Gasteiger partial charge on any atom is -0.368 e. The quantitative estimate of drug-likeness (QED) is 0.693. The van der Waals surface area contributed by atoms with Crippen LogP contribution in [-0.2, 0) is 6.54 Å². The second-order valence-electron chi connectivity index (χ2n) is 7.51. The molecule has 0 radical (unpaired) electrons. The maximum absolute atomic E-state index is 12.7. The van der Waals surface area contributed by atoms with Gasteiger partial charge in [0.15, 0.2) is 0 Å². The second-order valence-corrected chi connectivity index (χ2v) is 8.60. The minimum absolute atomic E-state index is 0.00877. The molecule has 0 saturated carbocycles. The van der Waals surface area contributed by atoms with Gasteiger partial charge in [0.1, 0.15) is 0 Å². The van der Waals surface area contributed by atoms with Crippen molar-refractivity contribution < 1.29 is 4.79 Å². The number of rotatable bonds is 6. The molecule has 0 aromatic carbocycles. The van der Waals surface area contributed by atoms with E-state index >= 15 is 0 Å². The first-order valence-electron chi connectivity index (χ1n) is 9.53. The van der Waals surface area contributed by atoms with Crippen LogP contribution in [0.25, 0.3) is 10.4 Å². The fourth-order valence-corrected chi connectivity index (χ4v) is 4.30. The Morgan fingerprint density at radius 2 is 2.18 bits per heavy atom. The standard InChI is InChI=1S/C20H24N6OS/c1-14(2)11-26-12-15(9-23-26)18-3-4-19(28-18)20(27)24-16-6-8-25(13-16)17-5-7-21-22-10-17/h3-5,7,9-10,12,14,16H,6,8,11,13H2,1-2H3,(H,24,27)/t16-/m0/s1. The van der Waals surface area contributed by atoms with Crippen molar-refractivity contribution in [3.63, 3.8) is 0 Å². The number of nitrogens with zero attached hydrogens (tertiary/aromatic N) is 5. The van der Waals surface area contributed by atoms with Crippen molar-refractivity contribution in [1.29, 1.82) is 0 Å². The molecule has 1 fully saturated rings. The summed E-state index contributed by atoms with van der Waals surface area (Å²) in [5.41, 5.74) is 2.10. The van der Waals surface area contributed by atoms with Crippen LogP contribution in [0.4, 0.5) is 5.69 Å². The highest BCUT2D eigenvalue weighted by Gasteiger charge is 2.25. The Hall–Kier alpha value is -2.74. The zero-order valence-electron chi connectivity index (χ0n) is 16.1. The van der Waals surface area contributed by atoms with Crippen molar-refractivity contribution >= 4 is 22.9 Å². The Kier molecular flexibility index (Phi) is 5.38. The molecule has 3 aromatic heterocycles. The molecule has 7 nitrogen and oxygen atoms in total. The molecule has 1 amide bonds. The molecule has 1 aliphatic heterocycles. The van der Waals surface area contributed by atoms with Crippen molar-refractivity contribution in [3.8, 4) is 10.4 Å². The van der Waals surface area contributed by atoms with E-state index in [1.165, 1.54) is 11.3 Å². The fraction of sp³-hybridized carbons (Fsp3) is 0.400. The number of hydrogen-bond donors (Lipinski definition) is 1. The van der Waals surface area contributed by atoms with E-state index in [4.69, 9.17) is 0 Å². The monoisotopic (exact) mass is 396 g/mol. The Morgan fingerprint density at radius 3 is 2.96 bits per heavy atom. The molecule has 4 rings (SSSR count). The van der Waals surface area contributed by atoms with Crippen molar-refractivity contribution in [2.24, 2.45) is 5.92 Å². The van der Waals surface area contributed by atoms with Gasteiger partial charge in [-0.15, -0.1) is 11.3 Å². The smallest absolute Gasteiger partial charge is 0.261 e. The van der Waals surface area contributed by atoms with Gasteiger partial charge in [-0.1, -0.05) is 13.8 Å². The van der Waals surface area contributed by atoms with E-state index in [1.54, 1.807) is 12.4 Å². The summed E-state index contributed by atoms with van der Waals surface area (Å²) in [6.45, 7) is 6.93. The van der Waals surface area contributed by atoms with Crippen LogP contribution in [0.1, 0.15) is 29.9 Å². The molecule has 28 heavy (non-hydrogen) atoms. The van der Waals surface area contributed by atoms with Crippen LogP contribution in [0.5, 0.6) is 0 Å². The summed E-state index contributed by atoms with van der Waals surface area (Å²) in [6.07, 6.45) is 8.29. The molecule has 1 N–H and O–H groups in total. The number of carbonyl (C=O) groups excluding carboxylic acids is 1. The summed E-state index contributed by atoms with van der Waals surface area (Å²) < 4.78 is 1.96. The molecular formula is C20H24N6OS. The predicted molar refractivity (Wildman–Crippen MR) is 110 cm³/mol. The summed E-state index contributed by atoms with van der Waals surface area (Å²) in [6, 6.07) is 5.98. The number of hydrogen-bond acceptors (Lipinski definition) is 6. The number of anilines is 1. The first-order chi connectivity index (χ1) is 13.6. The van der Waals surface area contributed by atoms with Gasteiger partial charge >= 0.3 is 0 Å². The molecular weight excluding hydrogens is 372 g/mol. The van der Waals surface area contributed by atoms with Gasteiger partial charge in [0, 0.05) is 42.3 Å². The lowest BCUT2D eigenvalue weighted by Crippen LogP contribution is -2.36. The molecule has 1 aliphatic rings. The third-order valence-corrected chi connectivity index (χ3v) is 5.89. The molecule has 4 heterocycles. The average Bonchev–Trinajstić information content (AvgIpc) is 3.42. The second kappa shape index (κ2) is 8.10. The molecule has 0 unspecified atom stereocenters. The lowest BCUT2D eigenvalue weighted by Gasteiger charge is -2.18. The molecule has 0 spiro atoms. The molecule has 1 saturated heterocycles. The Bertz CT molecular complexity index is 935. The lowest BCUT2D eigenvalue weighted by atomic mass is 10.2. The summed E-state index contributed by atoms with van der Waals surface area (Å²) in [5, 5.41) is 15.3. The van der Waals surface area contributed by atoms with E-state index in [0.717, 1.165) is 47.1 Å². The zero-order valence-corrected chi connectivity index (χ0v) is 16.9. The maximum Gasteiger partial charge on any atom is 0.261 e. The van der Waals surface area contributed by atoms with Crippen LogP contribution < -0.4 is 10.2 Å². The van der Waals surface area contributed by atoms with Gasteiger partial charge in [0.05, 0.1) is 29.2 Å². The van der Waals surface area contributed by atoms with E-state index in [9.17, 15) is 4.79 Å². The zero-order chi connectivity index (χ0) is 19.5. The Morgan fingerprint density at radius 1 is 1.29 bits per heavy atom.